The van der Waals surface area contributed by atoms with Gasteiger partial charge in [-0.25, -0.2) is 4.98 Å². The van der Waals surface area contributed by atoms with Crippen LogP contribution in [0.25, 0.3) is 0 Å². The number of rotatable bonds is 7. The van der Waals surface area contributed by atoms with Crippen LogP contribution < -0.4 is 15.5 Å². The number of likely N-dealkylation sites (N-methyl/N-ethyl adjacent to an activating group) is 1. The molecule has 0 atom stereocenters. The molecule has 2 aromatic rings. The Kier molecular flexibility index (Phi) is 11.0. The summed E-state index contributed by atoms with van der Waals surface area (Å²) in [5.74, 6) is 2.81. The van der Waals surface area contributed by atoms with E-state index in [0.717, 1.165) is 55.3 Å². The van der Waals surface area contributed by atoms with E-state index in [-0.39, 0.29) is 24.0 Å². The Morgan fingerprint density at radius 2 is 1.87 bits per heavy atom. The molecule has 6 nitrogen and oxygen atoms in total. The monoisotopic (exact) mass is 560 g/mol. The highest BCUT2D eigenvalue weighted by atomic mass is 127. The number of aliphatic imine (C=N–C) groups is 1. The standard InChI is InChI=1S/C21H29ClN6S.HI/c1-23-21(25-9-14-29-19-5-3-18(22)4-6-19)26-16-17-7-8-24-20(15-17)28-12-10-27(2)11-13-28;/h3-8,15H,9-14,16H2,1-2H3,(H2,23,25,26);1H. The number of guanidine groups is 1. The van der Waals surface area contributed by atoms with Gasteiger partial charge in [-0.05, 0) is 49.0 Å². The molecule has 0 amide bonds. The van der Waals surface area contributed by atoms with Gasteiger partial charge in [-0.3, -0.25) is 4.99 Å². The summed E-state index contributed by atoms with van der Waals surface area (Å²) in [5, 5.41) is 7.52. The average molecular weight is 561 g/mol. The van der Waals surface area contributed by atoms with Crippen molar-refractivity contribution in [1.82, 2.24) is 20.5 Å². The van der Waals surface area contributed by atoms with Gasteiger partial charge in [0.1, 0.15) is 5.82 Å². The highest BCUT2D eigenvalue weighted by Gasteiger charge is 2.15. The van der Waals surface area contributed by atoms with Gasteiger partial charge in [-0.1, -0.05) is 11.6 Å². The summed E-state index contributed by atoms with van der Waals surface area (Å²) in [6.07, 6.45) is 1.89. The second-order valence-corrected chi connectivity index (χ2v) is 8.57. The smallest absolute Gasteiger partial charge is 0.191 e. The second kappa shape index (κ2) is 13.2. The normalized spacial score (nSPS) is 14.9. The van der Waals surface area contributed by atoms with Crippen molar-refractivity contribution < 1.29 is 0 Å². The minimum atomic E-state index is 0. The number of pyridine rings is 1. The Balaban J connectivity index is 0.00000320. The van der Waals surface area contributed by atoms with Crippen LogP contribution in [0, 0.1) is 0 Å². The van der Waals surface area contributed by atoms with Crippen LogP contribution in [-0.4, -0.2) is 68.4 Å². The van der Waals surface area contributed by atoms with Gasteiger partial charge in [0.2, 0.25) is 0 Å². The van der Waals surface area contributed by atoms with Crippen molar-refractivity contribution in [2.24, 2.45) is 4.99 Å². The van der Waals surface area contributed by atoms with Crippen LogP contribution in [0.4, 0.5) is 5.82 Å². The summed E-state index contributed by atoms with van der Waals surface area (Å²) >= 11 is 7.72. The van der Waals surface area contributed by atoms with Gasteiger partial charge >= 0.3 is 0 Å². The van der Waals surface area contributed by atoms with Gasteiger partial charge in [0.05, 0.1) is 0 Å². The number of halogens is 2. The molecule has 0 radical (unpaired) electrons. The number of anilines is 1. The molecule has 0 saturated carbocycles. The van der Waals surface area contributed by atoms with Crippen molar-refractivity contribution in [3.63, 3.8) is 0 Å². The van der Waals surface area contributed by atoms with Crippen molar-refractivity contribution >= 4 is 59.1 Å². The van der Waals surface area contributed by atoms with E-state index in [4.69, 9.17) is 11.6 Å². The van der Waals surface area contributed by atoms with Gasteiger partial charge in [0, 0.05) is 68.2 Å². The molecule has 1 saturated heterocycles. The van der Waals surface area contributed by atoms with Crippen molar-refractivity contribution in [3.05, 3.63) is 53.2 Å². The molecule has 0 spiro atoms. The molecule has 2 heterocycles. The number of benzene rings is 1. The zero-order valence-electron chi connectivity index (χ0n) is 17.5. The molecule has 1 aliphatic rings. The quantitative estimate of drug-likeness (QED) is 0.178. The summed E-state index contributed by atoms with van der Waals surface area (Å²) in [5.41, 5.74) is 1.20. The molecular weight excluding hydrogens is 531 g/mol. The third-order valence-electron chi connectivity index (χ3n) is 4.80. The Morgan fingerprint density at radius 3 is 2.57 bits per heavy atom. The van der Waals surface area contributed by atoms with Gasteiger partial charge in [0.25, 0.3) is 0 Å². The van der Waals surface area contributed by atoms with Crippen LogP contribution >= 0.6 is 47.3 Å². The topological polar surface area (TPSA) is 55.8 Å². The fraction of sp³-hybridized carbons (Fsp3) is 0.429. The number of nitrogens with zero attached hydrogens (tertiary/aromatic N) is 4. The van der Waals surface area contributed by atoms with Crippen molar-refractivity contribution in [2.45, 2.75) is 11.4 Å². The number of nitrogens with one attached hydrogen (secondary N) is 2. The Bertz CT molecular complexity index is 796. The van der Waals surface area contributed by atoms with Crippen LogP contribution in [0.15, 0.2) is 52.5 Å². The first-order valence-corrected chi connectivity index (χ1v) is 11.2. The Hall–Kier alpha value is -1.23. The largest absolute Gasteiger partial charge is 0.356 e. The summed E-state index contributed by atoms with van der Waals surface area (Å²) in [7, 11) is 3.96. The zero-order valence-corrected chi connectivity index (χ0v) is 21.4. The number of piperazine rings is 1. The highest BCUT2D eigenvalue weighted by Crippen LogP contribution is 2.19. The van der Waals surface area contributed by atoms with Crippen molar-refractivity contribution in [3.8, 4) is 0 Å². The van der Waals surface area contributed by atoms with E-state index in [1.807, 2.05) is 30.5 Å². The molecule has 0 bridgehead atoms. The van der Waals surface area contributed by atoms with Gasteiger partial charge in [0.15, 0.2) is 5.96 Å². The summed E-state index contributed by atoms with van der Waals surface area (Å²) in [6.45, 7) is 5.75. The van der Waals surface area contributed by atoms with Gasteiger partial charge in [-0.2, -0.15) is 0 Å². The van der Waals surface area contributed by atoms with Crippen LogP contribution in [0.3, 0.4) is 0 Å². The molecule has 1 aliphatic heterocycles. The predicted octanol–water partition coefficient (Wildman–Crippen LogP) is 3.56. The van der Waals surface area contributed by atoms with E-state index in [2.05, 4.69) is 49.6 Å². The maximum absolute atomic E-state index is 5.92. The summed E-state index contributed by atoms with van der Waals surface area (Å²) in [6, 6.07) is 12.1. The molecule has 1 aromatic heterocycles. The predicted molar refractivity (Wildman–Crippen MR) is 140 cm³/mol. The molecule has 1 aromatic carbocycles. The van der Waals surface area contributed by atoms with Crippen LogP contribution in [0.2, 0.25) is 5.02 Å². The van der Waals surface area contributed by atoms with Gasteiger partial charge in [-0.15, -0.1) is 35.7 Å². The first-order valence-electron chi connectivity index (χ1n) is 9.85. The van der Waals surface area contributed by atoms with Crippen LogP contribution in [0.5, 0.6) is 0 Å². The maximum Gasteiger partial charge on any atom is 0.191 e. The summed E-state index contributed by atoms with van der Waals surface area (Å²) < 4.78 is 0. The van der Waals surface area contributed by atoms with Gasteiger partial charge < -0.3 is 20.4 Å². The molecule has 0 unspecified atom stereocenters. The Labute approximate surface area is 205 Å². The lowest BCUT2D eigenvalue weighted by atomic mass is 10.2. The first kappa shape index (κ1) is 25.0. The minimum absolute atomic E-state index is 0. The molecule has 1 fully saturated rings. The van der Waals surface area contributed by atoms with Crippen LogP contribution in [0.1, 0.15) is 5.56 Å². The van der Waals surface area contributed by atoms with E-state index in [1.54, 1.807) is 18.8 Å². The third kappa shape index (κ3) is 8.13. The SMILES string of the molecule is CN=C(NCCSc1ccc(Cl)cc1)NCc1ccnc(N2CCN(C)CC2)c1.I. The van der Waals surface area contributed by atoms with E-state index in [1.165, 1.54) is 10.5 Å². The first-order chi connectivity index (χ1) is 14.1. The molecule has 30 heavy (non-hydrogen) atoms. The third-order valence-corrected chi connectivity index (χ3v) is 6.06. The lowest BCUT2D eigenvalue weighted by Crippen LogP contribution is -2.44. The van der Waals surface area contributed by atoms with E-state index >= 15 is 0 Å². The van der Waals surface area contributed by atoms with E-state index in [9.17, 15) is 0 Å². The van der Waals surface area contributed by atoms with Crippen LogP contribution in [-0.2, 0) is 6.54 Å². The number of thioether (sulfide) groups is 1. The number of hydrogen-bond acceptors (Lipinski definition) is 5. The number of hydrogen-bond donors (Lipinski definition) is 2. The van der Waals surface area contributed by atoms with Crippen molar-refractivity contribution in [1.29, 1.82) is 0 Å². The van der Waals surface area contributed by atoms with Crippen molar-refractivity contribution in [2.75, 3.05) is 57.5 Å². The maximum atomic E-state index is 5.92. The van der Waals surface area contributed by atoms with E-state index < -0.39 is 0 Å². The Morgan fingerprint density at radius 1 is 1.13 bits per heavy atom. The highest BCUT2D eigenvalue weighted by molar-refractivity contribution is 14.0. The molecule has 0 aliphatic carbocycles. The fourth-order valence-electron chi connectivity index (χ4n) is 3.05. The molecule has 164 valence electrons. The lowest BCUT2D eigenvalue weighted by Gasteiger charge is -2.33. The van der Waals surface area contributed by atoms with E-state index in [0.29, 0.717) is 6.54 Å². The second-order valence-electron chi connectivity index (χ2n) is 6.97. The zero-order chi connectivity index (χ0) is 20.5. The molecule has 2 N–H and O–H groups in total. The minimum Gasteiger partial charge on any atom is -0.356 e. The molecule has 3 rings (SSSR count). The fourth-order valence-corrected chi connectivity index (χ4v) is 3.95. The molecule has 9 heteroatoms. The number of aromatic nitrogens is 1. The summed E-state index contributed by atoms with van der Waals surface area (Å²) in [4.78, 5) is 14.8. The molecular formula is C21H30ClIN6S. The lowest BCUT2D eigenvalue weighted by molar-refractivity contribution is 0.312. The average Bonchev–Trinajstić information content (AvgIpc) is 2.75.